The molecule has 1 saturated heterocycles. The van der Waals surface area contributed by atoms with Crippen LogP contribution in [0.3, 0.4) is 0 Å². The number of rotatable bonds is 18. The van der Waals surface area contributed by atoms with Gasteiger partial charge in [-0.1, -0.05) is 86.3 Å². The molecule has 1 aliphatic heterocycles. The maximum Gasteiger partial charge on any atom is 0.323 e. The molecule has 76 heavy (non-hydrogen) atoms. The number of nitrogens with one attached hydrogen (secondary N) is 4. The summed E-state index contributed by atoms with van der Waals surface area (Å²) in [4.78, 5) is 63.3. The Morgan fingerprint density at radius 3 is 2.05 bits per heavy atom. The predicted molar refractivity (Wildman–Crippen MR) is 300 cm³/mol. The topological polar surface area (TPSA) is 254 Å². The van der Waals surface area contributed by atoms with Gasteiger partial charge in [-0.3, -0.25) is 24.2 Å². The average Bonchev–Trinajstić information content (AvgIpc) is 3.70. The lowest BCUT2D eigenvalue weighted by molar-refractivity contribution is -0.142. The van der Waals surface area contributed by atoms with Crippen LogP contribution in [-0.4, -0.2) is 60.0 Å². The fourth-order valence-electron chi connectivity index (χ4n) is 9.16. The van der Waals surface area contributed by atoms with E-state index in [2.05, 4.69) is 81.9 Å². The Kier molecular flexibility index (Phi) is 18.6. The van der Waals surface area contributed by atoms with E-state index in [-0.39, 0.29) is 51.4 Å². The number of ether oxygens (including phenoxy) is 2. The Morgan fingerprint density at radius 2 is 1.45 bits per heavy atom. The number of amides is 6. The van der Waals surface area contributed by atoms with Gasteiger partial charge in [0, 0.05) is 34.6 Å². The van der Waals surface area contributed by atoms with Gasteiger partial charge in [-0.25, -0.2) is 4.79 Å². The second-order valence-electron chi connectivity index (χ2n) is 20.8. The number of nitrogens with zero attached hydrogens (tertiary/aromatic N) is 3. The van der Waals surface area contributed by atoms with Crippen LogP contribution in [0.25, 0.3) is 0 Å². The lowest BCUT2D eigenvalue weighted by Gasteiger charge is -2.31. The molecule has 17 heteroatoms. The van der Waals surface area contributed by atoms with Gasteiger partial charge in [0.2, 0.25) is 6.41 Å². The maximum absolute atomic E-state index is 13.7. The van der Waals surface area contributed by atoms with E-state index in [1.54, 1.807) is 65.7 Å². The van der Waals surface area contributed by atoms with Gasteiger partial charge in [0.1, 0.15) is 17.2 Å². The summed E-state index contributed by atoms with van der Waals surface area (Å²) in [5.41, 5.74) is 16.9. The minimum absolute atomic E-state index is 0.0000242. The molecule has 1 saturated carbocycles. The molecule has 1 atom stereocenters. The van der Waals surface area contributed by atoms with E-state index in [1.807, 2.05) is 12.1 Å². The van der Waals surface area contributed by atoms with Crippen molar-refractivity contribution in [3.8, 4) is 23.3 Å². The number of methoxy groups -OCH3 is 1. The third-order valence-electron chi connectivity index (χ3n) is 14.8. The monoisotopic (exact) mass is 1040 g/mol. The zero-order valence-electron chi connectivity index (χ0n) is 45.0. The highest BCUT2D eigenvalue weighted by atomic mass is 16.5. The normalized spacial score (nSPS) is 14.4. The third kappa shape index (κ3) is 13.5. The molecule has 0 radical (unpaired) electrons. The van der Waals surface area contributed by atoms with Crippen molar-refractivity contribution in [3.63, 3.8) is 0 Å². The Balaban J connectivity index is 0.000000268. The number of hydrogen-bond donors (Lipinski definition) is 7. The van der Waals surface area contributed by atoms with Crippen LogP contribution in [0.1, 0.15) is 140 Å². The average molecular weight is 1040 g/mol. The summed E-state index contributed by atoms with van der Waals surface area (Å²) in [5, 5.41) is 33.6. The van der Waals surface area contributed by atoms with Crippen LogP contribution < -0.4 is 47.2 Å². The smallest absolute Gasteiger partial charge is 0.323 e. The first-order valence-electron chi connectivity index (χ1n) is 26.0. The van der Waals surface area contributed by atoms with Crippen LogP contribution >= 0.6 is 0 Å². The van der Waals surface area contributed by atoms with E-state index < -0.39 is 17.6 Å². The number of nitriles is 1. The molecule has 0 bridgehead atoms. The Bertz CT molecular complexity index is 2930. The molecule has 1 unspecified atom stereocenters. The first-order valence-corrected chi connectivity index (χ1v) is 26.0. The Labute approximate surface area is 446 Å². The van der Waals surface area contributed by atoms with Gasteiger partial charge in [0.15, 0.2) is 6.10 Å². The molecule has 402 valence electrons. The van der Waals surface area contributed by atoms with Gasteiger partial charge >= 0.3 is 6.03 Å². The van der Waals surface area contributed by atoms with Crippen molar-refractivity contribution in [1.29, 1.82) is 5.26 Å². The number of anilines is 7. The highest BCUT2D eigenvalue weighted by molar-refractivity contribution is 6.05. The molecule has 5 aromatic rings. The summed E-state index contributed by atoms with van der Waals surface area (Å²) in [7, 11) is 1.44. The second-order valence-corrected chi connectivity index (χ2v) is 20.8. The van der Waals surface area contributed by atoms with Crippen molar-refractivity contribution < 1.29 is 38.6 Å². The highest BCUT2D eigenvalue weighted by Crippen LogP contribution is 2.45. The molecule has 6 amide bonds. The van der Waals surface area contributed by atoms with Crippen molar-refractivity contribution in [2.45, 2.75) is 130 Å². The molecule has 9 N–H and O–H groups in total. The van der Waals surface area contributed by atoms with E-state index in [0.717, 1.165) is 69.0 Å². The number of nitrogen functional groups attached to an aromatic ring is 2. The molecule has 17 nitrogen and oxygen atoms in total. The maximum atomic E-state index is 13.7. The van der Waals surface area contributed by atoms with Crippen molar-refractivity contribution in [2.75, 3.05) is 51.4 Å². The van der Waals surface area contributed by atoms with Crippen molar-refractivity contribution in [3.05, 3.63) is 119 Å². The number of benzene rings is 5. The molecular formula is C59H73N9O8. The van der Waals surface area contributed by atoms with Crippen molar-refractivity contribution >= 4 is 70.0 Å². The van der Waals surface area contributed by atoms with Crippen molar-refractivity contribution in [2.24, 2.45) is 5.41 Å². The van der Waals surface area contributed by atoms with Crippen LogP contribution in [0.2, 0.25) is 0 Å². The van der Waals surface area contributed by atoms with Gasteiger partial charge in [0.05, 0.1) is 59.1 Å². The van der Waals surface area contributed by atoms with Crippen molar-refractivity contribution in [1.82, 2.24) is 5.01 Å². The van der Waals surface area contributed by atoms with E-state index in [9.17, 15) is 29.1 Å². The number of hydrazine groups is 1. The molecule has 1 spiro atoms. The molecule has 5 aromatic carbocycles. The van der Waals surface area contributed by atoms with Crippen LogP contribution in [0.4, 0.5) is 44.6 Å². The zero-order valence-corrected chi connectivity index (χ0v) is 45.0. The fraction of sp³-hybridized carbons (Fsp3) is 0.390. The SMILES string of the molecule is CCCCC(Oc1ccc(C(C)(C)CC)cc1C(C)(C)CC)C(=O)Nc1cc(O)c(NC(=O)Nc2ccc(C#N)cc2)cc1OC.Nc1ccc(C(=O)Nc2ccc(N3CC4(CCCCC4)C(=O)N3C=O)cc2)cc1N. The number of unbranched alkanes of at least 4 members (excludes halogenated alkanes) is 1. The van der Waals surface area contributed by atoms with Gasteiger partial charge < -0.3 is 47.3 Å². The molecule has 2 fully saturated rings. The number of aromatic hydroxyl groups is 1. The van der Waals surface area contributed by atoms with Crippen LogP contribution in [0, 0.1) is 16.7 Å². The van der Waals surface area contributed by atoms with Crippen LogP contribution in [0.5, 0.6) is 17.2 Å². The molecule has 0 aromatic heterocycles. The summed E-state index contributed by atoms with van der Waals surface area (Å²) < 4.78 is 12.0. The predicted octanol–water partition coefficient (Wildman–Crippen LogP) is 11.6. The first kappa shape index (κ1) is 57.0. The standard InChI is InChI=1S/C37H48N4O5.C22H25N5O3/c1-9-12-13-32(46-31-19-16-25(36(4,5)10-2)20-27(31)37(6,7)11-3)34(43)40-29-21-30(42)28(22-33(29)45-8)41-35(44)39-26-17-14-24(23-38)15-18-26;23-18-9-4-15(12-19(18)24)20(29)25-16-5-7-17(8-6-16)26-13-22(10-2-1-3-11-22)21(30)27(26)14-28/h14-22,32,42H,9-13H2,1-8H3,(H,40,43)(H2,39,41,44);4-9,12,14H,1-3,10-11,13,23-24H2,(H,25,29). The summed E-state index contributed by atoms with van der Waals surface area (Å²) >= 11 is 0. The third-order valence-corrected chi connectivity index (χ3v) is 14.8. The molecule has 1 heterocycles. The highest BCUT2D eigenvalue weighted by Gasteiger charge is 2.51. The van der Waals surface area contributed by atoms with Gasteiger partial charge in [0.25, 0.3) is 17.7 Å². The number of imide groups is 1. The molecule has 7 rings (SSSR count). The molecule has 1 aliphatic carbocycles. The second kappa shape index (κ2) is 24.8. The summed E-state index contributed by atoms with van der Waals surface area (Å²) in [6.07, 6.45) is 8.62. The van der Waals surface area contributed by atoms with Gasteiger partial charge in [-0.05, 0) is 128 Å². The number of phenols is 1. The van der Waals surface area contributed by atoms with Crippen LogP contribution in [-0.2, 0) is 25.2 Å². The van der Waals surface area contributed by atoms with E-state index in [4.69, 9.17) is 26.2 Å². The summed E-state index contributed by atoms with van der Waals surface area (Å²) in [5.74, 6) is -0.131. The number of urea groups is 1. The lowest BCUT2D eigenvalue weighted by atomic mass is 9.74. The fourth-order valence-corrected chi connectivity index (χ4v) is 9.16. The number of phenolic OH excluding ortho intramolecular Hbond substituents is 1. The first-order chi connectivity index (χ1) is 36.2. The summed E-state index contributed by atoms with van der Waals surface area (Å²) in [6, 6.07) is 28.6. The van der Waals surface area contributed by atoms with E-state index in [1.165, 1.54) is 35.9 Å². The number of hydrogen-bond acceptors (Lipinski definition) is 12. The largest absolute Gasteiger partial charge is 0.506 e. The minimum Gasteiger partial charge on any atom is -0.506 e. The van der Waals surface area contributed by atoms with E-state index >= 15 is 0 Å². The van der Waals surface area contributed by atoms with E-state index in [0.29, 0.717) is 59.0 Å². The molecular weight excluding hydrogens is 963 g/mol. The van der Waals surface area contributed by atoms with Gasteiger partial charge in [-0.15, -0.1) is 0 Å². The zero-order chi connectivity index (χ0) is 55.4. The lowest BCUT2D eigenvalue weighted by Crippen LogP contribution is -2.39. The minimum atomic E-state index is -0.792. The Morgan fingerprint density at radius 1 is 0.789 bits per heavy atom. The Hall–Kier alpha value is -8.26. The number of nitrogens with two attached hydrogens (primary N) is 2. The van der Waals surface area contributed by atoms with Gasteiger partial charge in [-0.2, -0.15) is 10.3 Å². The molecule has 2 aliphatic rings. The van der Waals surface area contributed by atoms with Crippen LogP contribution in [0.15, 0.2) is 97.1 Å². The quantitative estimate of drug-likeness (QED) is 0.0246. The summed E-state index contributed by atoms with van der Waals surface area (Å²) in [6.45, 7) is 15.7. The number of carbonyl (C=O) groups excluding carboxylic acids is 5. The number of carbonyl (C=O) groups is 5.